The van der Waals surface area contributed by atoms with E-state index in [-0.39, 0.29) is 12.4 Å². The fourth-order valence-corrected chi connectivity index (χ4v) is 2.14. The van der Waals surface area contributed by atoms with Gasteiger partial charge in [0.1, 0.15) is 24.1 Å². The maximum atomic E-state index is 10.1. The third-order valence-corrected chi connectivity index (χ3v) is 3.19. The number of nitrogens with zero attached hydrogens (tertiary/aromatic N) is 4. The SMILES string of the molecule is C=C1C(O)[C@H](n2cnc3c(N)ncnc32)O[C@@H]1CO. The fraction of sp³-hybridized carbons (Fsp3) is 0.364. The molecule has 3 heterocycles. The van der Waals surface area contributed by atoms with Gasteiger partial charge in [0.25, 0.3) is 0 Å². The Balaban J connectivity index is 2.06. The van der Waals surface area contributed by atoms with Gasteiger partial charge >= 0.3 is 0 Å². The summed E-state index contributed by atoms with van der Waals surface area (Å²) >= 11 is 0. The molecule has 0 aromatic carbocycles. The quantitative estimate of drug-likeness (QED) is 0.608. The van der Waals surface area contributed by atoms with Crippen molar-refractivity contribution < 1.29 is 14.9 Å². The van der Waals surface area contributed by atoms with E-state index in [1.165, 1.54) is 12.7 Å². The molecular weight excluding hydrogens is 250 g/mol. The van der Waals surface area contributed by atoms with Gasteiger partial charge in [0, 0.05) is 0 Å². The van der Waals surface area contributed by atoms with Crippen molar-refractivity contribution in [2.75, 3.05) is 12.3 Å². The van der Waals surface area contributed by atoms with Gasteiger partial charge in [0.05, 0.1) is 12.9 Å². The summed E-state index contributed by atoms with van der Waals surface area (Å²) in [5.74, 6) is 0.258. The number of rotatable bonds is 2. The maximum absolute atomic E-state index is 10.1. The number of hydrogen-bond donors (Lipinski definition) is 3. The number of ether oxygens (including phenoxy) is 1. The van der Waals surface area contributed by atoms with Crippen LogP contribution < -0.4 is 5.73 Å². The highest BCUT2D eigenvalue weighted by Crippen LogP contribution is 2.34. The third kappa shape index (κ3) is 1.69. The summed E-state index contributed by atoms with van der Waals surface area (Å²) in [7, 11) is 0. The molecule has 3 rings (SSSR count). The predicted molar refractivity (Wildman–Crippen MR) is 65.9 cm³/mol. The van der Waals surface area contributed by atoms with Gasteiger partial charge in [-0.25, -0.2) is 15.0 Å². The Morgan fingerprint density at radius 3 is 2.89 bits per heavy atom. The second kappa shape index (κ2) is 4.26. The smallest absolute Gasteiger partial charge is 0.167 e. The molecule has 1 saturated heterocycles. The van der Waals surface area contributed by atoms with Gasteiger partial charge in [-0.3, -0.25) is 4.57 Å². The summed E-state index contributed by atoms with van der Waals surface area (Å²) in [5, 5.41) is 19.3. The highest BCUT2D eigenvalue weighted by atomic mass is 16.5. The van der Waals surface area contributed by atoms with E-state index in [0.29, 0.717) is 16.7 Å². The second-order valence-electron chi connectivity index (χ2n) is 4.30. The van der Waals surface area contributed by atoms with Crippen LogP contribution in [-0.4, -0.2) is 48.5 Å². The highest BCUT2D eigenvalue weighted by Gasteiger charge is 2.39. The van der Waals surface area contributed by atoms with Gasteiger partial charge in [0.2, 0.25) is 0 Å². The molecule has 1 unspecified atom stereocenters. The van der Waals surface area contributed by atoms with Crippen molar-refractivity contribution in [3.63, 3.8) is 0 Å². The molecule has 8 heteroatoms. The monoisotopic (exact) mass is 263 g/mol. The number of anilines is 1. The number of nitrogens with two attached hydrogens (primary N) is 1. The number of hydrogen-bond acceptors (Lipinski definition) is 7. The van der Waals surface area contributed by atoms with E-state index in [1.807, 2.05) is 0 Å². The molecular formula is C11H13N5O3. The first-order valence-corrected chi connectivity index (χ1v) is 5.69. The van der Waals surface area contributed by atoms with E-state index in [0.717, 1.165) is 0 Å². The molecule has 0 radical (unpaired) electrons. The molecule has 0 spiro atoms. The standard InChI is InChI=1S/C11H13N5O3/c1-5-6(2-17)19-11(8(5)18)16-4-15-7-9(12)13-3-14-10(7)16/h3-4,6,8,11,17-18H,1-2H2,(H2,12,13,14)/t6-,8?,11-/m1/s1. The van der Waals surface area contributed by atoms with Crippen molar-refractivity contribution in [3.8, 4) is 0 Å². The predicted octanol–water partition coefficient (Wildman–Crippen LogP) is -0.785. The van der Waals surface area contributed by atoms with Crippen molar-refractivity contribution in [3.05, 3.63) is 24.8 Å². The zero-order valence-electron chi connectivity index (χ0n) is 9.97. The molecule has 0 aliphatic carbocycles. The first-order chi connectivity index (χ1) is 9.13. The Morgan fingerprint density at radius 1 is 1.42 bits per heavy atom. The second-order valence-corrected chi connectivity index (χ2v) is 4.30. The van der Waals surface area contributed by atoms with Crippen LogP contribution in [0.3, 0.4) is 0 Å². The van der Waals surface area contributed by atoms with Crippen molar-refractivity contribution in [1.29, 1.82) is 0 Å². The molecule has 4 N–H and O–H groups in total. The lowest BCUT2D eigenvalue weighted by molar-refractivity contribution is -0.0483. The lowest BCUT2D eigenvalue weighted by Crippen LogP contribution is -2.20. The van der Waals surface area contributed by atoms with Gasteiger partial charge in [-0.1, -0.05) is 6.58 Å². The minimum absolute atomic E-state index is 0.240. The Labute approximate surface area is 108 Å². The van der Waals surface area contributed by atoms with Crippen LogP contribution in [-0.2, 0) is 4.74 Å². The largest absolute Gasteiger partial charge is 0.393 e. The number of aromatic nitrogens is 4. The molecule has 1 aliphatic heterocycles. The van der Waals surface area contributed by atoms with Crippen LogP contribution in [0.25, 0.3) is 11.2 Å². The molecule has 100 valence electrons. The van der Waals surface area contributed by atoms with Crippen LogP contribution in [0.5, 0.6) is 0 Å². The van der Waals surface area contributed by atoms with Crippen LogP contribution in [0.15, 0.2) is 24.8 Å². The lowest BCUT2D eigenvalue weighted by Gasteiger charge is -2.15. The maximum Gasteiger partial charge on any atom is 0.167 e. The number of fused-ring (bicyclic) bond motifs is 1. The number of aliphatic hydroxyl groups excluding tert-OH is 2. The molecule has 2 aromatic heterocycles. The van der Waals surface area contributed by atoms with Crippen LogP contribution in [0.2, 0.25) is 0 Å². The van der Waals surface area contributed by atoms with Crippen molar-refractivity contribution in [1.82, 2.24) is 19.5 Å². The Bertz CT molecular complexity index is 640. The zero-order valence-corrected chi connectivity index (χ0v) is 9.97. The normalized spacial score (nSPS) is 27.3. The summed E-state index contributed by atoms with van der Waals surface area (Å²) in [6.45, 7) is 3.48. The number of nitrogen functional groups attached to an aromatic ring is 1. The average Bonchev–Trinajstić information content (AvgIpc) is 2.94. The van der Waals surface area contributed by atoms with E-state index in [9.17, 15) is 5.11 Å². The van der Waals surface area contributed by atoms with Crippen LogP contribution in [0.4, 0.5) is 5.82 Å². The first kappa shape index (κ1) is 12.0. The summed E-state index contributed by atoms with van der Waals surface area (Å²) in [5.41, 5.74) is 7.03. The van der Waals surface area contributed by atoms with Crippen LogP contribution in [0.1, 0.15) is 6.23 Å². The molecule has 0 amide bonds. The average molecular weight is 263 g/mol. The fourth-order valence-electron chi connectivity index (χ4n) is 2.14. The molecule has 1 aliphatic rings. The summed E-state index contributed by atoms with van der Waals surface area (Å²) in [4.78, 5) is 12.0. The zero-order chi connectivity index (χ0) is 13.6. The lowest BCUT2D eigenvalue weighted by atomic mass is 10.1. The van der Waals surface area contributed by atoms with Gasteiger partial charge in [-0.05, 0) is 5.57 Å². The van der Waals surface area contributed by atoms with Gasteiger partial charge in [-0.2, -0.15) is 0 Å². The number of imidazole rings is 1. The van der Waals surface area contributed by atoms with Gasteiger partial charge in [0.15, 0.2) is 17.7 Å². The summed E-state index contributed by atoms with van der Waals surface area (Å²) in [6.07, 6.45) is 0.512. The Hall–Kier alpha value is -2.03. The van der Waals surface area contributed by atoms with E-state index in [1.54, 1.807) is 4.57 Å². The summed E-state index contributed by atoms with van der Waals surface area (Å²) in [6, 6.07) is 0. The Morgan fingerprint density at radius 2 is 2.21 bits per heavy atom. The first-order valence-electron chi connectivity index (χ1n) is 5.69. The summed E-state index contributed by atoms with van der Waals surface area (Å²) < 4.78 is 7.10. The molecule has 2 aromatic rings. The topological polar surface area (TPSA) is 119 Å². The van der Waals surface area contributed by atoms with Crippen molar-refractivity contribution in [2.45, 2.75) is 18.4 Å². The molecule has 3 atom stereocenters. The van der Waals surface area contributed by atoms with Crippen LogP contribution in [0, 0.1) is 0 Å². The molecule has 1 fully saturated rings. The molecule has 8 nitrogen and oxygen atoms in total. The minimum atomic E-state index is -0.939. The number of aliphatic hydroxyl groups is 2. The molecule has 0 bridgehead atoms. The minimum Gasteiger partial charge on any atom is -0.393 e. The highest BCUT2D eigenvalue weighted by molar-refractivity contribution is 5.81. The van der Waals surface area contributed by atoms with E-state index >= 15 is 0 Å². The third-order valence-electron chi connectivity index (χ3n) is 3.19. The molecule has 0 saturated carbocycles. The van der Waals surface area contributed by atoms with E-state index in [4.69, 9.17) is 15.6 Å². The van der Waals surface area contributed by atoms with Crippen LogP contribution >= 0.6 is 0 Å². The molecule has 19 heavy (non-hydrogen) atoms. The van der Waals surface area contributed by atoms with Gasteiger partial charge < -0.3 is 20.7 Å². The van der Waals surface area contributed by atoms with E-state index in [2.05, 4.69) is 21.5 Å². The van der Waals surface area contributed by atoms with Gasteiger partial charge in [-0.15, -0.1) is 0 Å². The van der Waals surface area contributed by atoms with Crippen molar-refractivity contribution >= 4 is 17.0 Å². The van der Waals surface area contributed by atoms with Crippen molar-refractivity contribution in [2.24, 2.45) is 0 Å². The van der Waals surface area contributed by atoms with E-state index < -0.39 is 18.4 Å². The Kier molecular flexibility index (Phi) is 2.70.